The molecule has 0 radical (unpaired) electrons. The third kappa shape index (κ3) is 4.06. The van der Waals surface area contributed by atoms with Crippen LogP contribution in [0.5, 0.6) is 5.75 Å². The van der Waals surface area contributed by atoms with Crippen molar-refractivity contribution < 1.29 is 13.9 Å². The molecule has 0 spiro atoms. The highest BCUT2D eigenvalue weighted by atomic mass is 19.1. The molecule has 4 heteroatoms. The van der Waals surface area contributed by atoms with Crippen LogP contribution in [0, 0.1) is 5.82 Å². The molecule has 0 unspecified atom stereocenters. The van der Waals surface area contributed by atoms with E-state index in [1.807, 2.05) is 0 Å². The van der Waals surface area contributed by atoms with E-state index in [1.165, 1.54) is 6.07 Å². The average molecular weight is 227 g/mol. The van der Waals surface area contributed by atoms with Gasteiger partial charge in [0, 0.05) is 19.2 Å². The number of benzene rings is 1. The van der Waals surface area contributed by atoms with Crippen LogP contribution in [0.3, 0.4) is 0 Å². The van der Waals surface area contributed by atoms with Crippen LogP contribution >= 0.6 is 0 Å². The van der Waals surface area contributed by atoms with E-state index in [0.29, 0.717) is 24.6 Å². The fourth-order valence-corrected chi connectivity index (χ4v) is 1.27. The molecule has 1 rings (SSSR count). The predicted octanol–water partition coefficient (Wildman–Crippen LogP) is 2.67. The summed E-state index contributed by atoms with van der Waals surface area (Å²) in [4.78, 5) is 0. The molecule has 0 aliphatic heterocycles. The fraction of sp³-hybridized carbons (Fsp3) is 0.500. The molecule has 0 aliphatic rings. The summed E-state index contributed by atoms with van der Waals surface area (Å²) in [6.07, 6.45) is 0.994. The van der Waals surface area contributed by atoms with Gasteiger partial charge in [0.2, 0.25) is 0 Å². The second kappa shape index (κ2) is 7.06. The first-order valence-electron chi connectivity index (χ1n) is 5.43. The number of rotatable bonds is 7. The zero-order chi connectivity index (χ0) is 11.8. The SMILES string of the molecule is CCCOCCNc1cc(OC)ccc1F. The summed E-state index contributed by atoms with van der Waals surface area (Å²) in [5.41, 5.74) is 0.444. The van der Waals surface area contributed by atoms with Crippen LogP contribution in [0.15, 0.2) is 18.2 Å². The van der Waals surface area contributed by atoms with Crippen LogP contribution < -0.4 is 10.1 Å². The zero-order valence-corrected chi connectivity index (χ0v) is 9.75. The highest BCUT2D eigenvalue weighted by molar-refractivity contribution is 5.49. The summed E-state index contributed by atoms with van der Waals surface area (Å²) in [6, 6.07) is 4.61. The number of halogens is 1. The van der Waals surface area contributed by atoms with Gasteiger partial charge in [-0.3, -0.25) is 0 Å². The summed E-state index contributed by atoms with van der Waals surface area (Å²) in [5.74, 6) is 0.356. The maximum Gasteiger partial charge on any atom is 0.146 e. The second-order valence-electron chi connectivity index (χ2n) is 3.38. The summed E-state index contributed by atoms with van der Waals surface area (Å²) < 4.78 is 23.6. The third-order valence-electron chi connectivity index (χ3n) is 2.08. The quantitative estimate of drug-likeness (QED) is 0.726. The Bertz CT molecular complexity index is 318. The Balaban J connectivity index is 2.40. The molecule has 0 atom stereocenters. The van der Waals surface area contributed by atoms with Crippen LogP contribution in [0.4, 0.5) is 10.1 Å². The van der Waals surface area contributed by atoms with Crippen molar-refractivity contribution in [2.24, 2.45) is 0 Å². The van der Waals surface area contributed by atoms with E-state index in [0.717, 1.165) is 13.0 Å². The van der Waals surface area contributed by atoms with E-state index >= 15 is 0 Å². The first-order chi connectivity index (χ1) is 7.77. The molecule has 90 valence electrons. The minimum atomic E-state index is -0.281. The van der Waals surface area contributed by atoms with Gasteiger partial charge in [0.25, 0.3) is 0 Å². The van der Waals surface area contributed by atoms with Crippen molar-refractivity contribution in [3.05, 3.63) is 24.0 Å². The lowest BCUT2D eigenvalue weighted by molar-refractivity contribution is 0.144. The molecular formula is C12H18FNO2. The van der Waals surface area contributed by atoms with Crippen LogP contribution in [-0.2, 0) is 4.74 Å². The van der Waals surface area contributed by atoms with E-state index in [-0.39, 0.29) is 5.82 Å². The summed E-state index contributed by atoms with van der Waals surface area (Å²) in [6.45, 7) is 3.95. The molecule has 0 bridgehead atoms. The largest absolute Gasteiger partial charge is 0.497 e. The van der Waals surface area contributed by atoms with Gasteiger partial charge in [-0.15, -0.1) is 0 Å². The number of anilines is 1. The Kier molecular flexibility index (Phi) is 5.64. The van der Waals surface area contributed by atoms with Crippen molar-refractivity contribution in [2.75, 3.05) is 32.2 Å². The van der Waals surface area contributed by atoms with Gasteiger partial charge in [-0.25, -0.2) is 4.39 Å². The molecule has 1 aromatic rings. The van der Waals surface area contributed by atoms with Crippen molar-refractivity contribution in [2.45, 2.75) is 13.3 Å². The predicted molar refractivity (Wildman–Crippen MR) is 62.6 cm³/mol. The van der Waals surface area contributed by atoms with Crippen LogP contribution in [-0.4, -0.2) is 26.9 Å². The summed E-state index contributed by atoms with van der Waals surface area (Å²) >= 11 is 0. The van der Waals surface area contributed by atoms with Gasteiger partial charge in [-0.05, 0) is 18.6 Å². The van der Waals surface area contributed by atoms with E-state index < -0.39 is 0 Å². The van der Waals surface area contributed by atoms with E-state index in [1.54, 1.807) is 19.2 Å². The summed E-state index contributed by atoms with van der Waals surface area (Å²) in [7, 11) is 1.56. The van der Waals surface area contributed by atoms with E-state index in [9.17, 15) is 4.39 Å². The number of methoxy groups -OCH3 is 1. The second-order valence-corrected chi connectivity index (χ2v) is 3.38. The lowest BCUT2D eigenvalue weighted by Gasteiger charge is -2.09. The third-order valence-corrected chi connectivity index (χ3v) is 2.08. The molecule has 3 nitrogen and oxygen atoms in total. The highest BCUT2D eigenvalue weighted by Crippen LogP contribution is 2.20. The van der Waals surface area contributed by atoms with Crippen molar-refractivity contribution >= 4 is 5.69 Å². The monoisotopic (exact) mass is 227 g/mol. The van der Waals surface area contributed by atoms with Crippen LogP contribution in [0.25, 0.3) is 0 Å². The van der Waals surface area contributed by atoms with Crippen LogP contribution in [0.1, 0.15) is 13.3 Å². The van der Waals surface area contributed by atoms with Gasteiger partial charge >= 0.3 is 0 Å². The maximum absolute atomic E-state index is 13.3. The molecule has 0 aromatic heterocycles. The average Bonchev–Trinajstić information content (AvgIpc) is 2.31. The van der Waals surface area contributed by atoms with E-state index in [4.69, 9.17) is 9.47 Å². The Labute approximate surface area is 95.6 Å². The number of nitrogens with one attached hydrogen (secondary N) is 1. The lowest BCUT2D eigenvalue weighted by atomic mass is 10.3. The molecule has 0 amide bonds. The molecule has 0 saturated carbocycles. The Hall–Kier alpha value is -1.29. The Morgan fingerprint density at radius 2 is 2.12 bits per heavy atom. The normalized spacial score (nSPS) is 10.2. The van der Waals surface area contributed by atoms with Gasteiger partial charge in [0.05, 0.1) is 19.4 Å². The van der Waals surface area contributed by atoms with Crippen molar-refractivity contribution in [1.82, 2.24) is 0 Å². The number of hydrogen-bond acceptors (Lipinski definition) is 3. The molecule has 0 saturated heterocycles. The number of ether oxygens (including phenoxy) is 2. The van der Waals surface area contributed by atoms with Crippen molar-refractivity contribution in [3.8, 4) is 5.75 Å². The molecule has 16 heavy (non-hydrogen) atoms. The van der Waals surface area contributed by atoms with Crippen LogP contribution in [0.2, 0.25) is 0 Å². The zero-order valence-electron chi connectivity index (χ0n) is 9.75. The van der Waals surface area contributed by atoms with E-state index in [2.05, 4.69) is 12.2 Å². The van der Waals surface area contributed by atoms with Gasteiger partial charge < -0.3 is 14.8 Å². The highest BCUT2D eigenvalue weighted by Gasteiger charge is 2.02. The van der Waals surface area contributed by atoms with Crippen molar-refractivity contribution in [3.63, 3.8) is 0 Å². The van der Waals surface area contributed by atoms with Crippen molar-refractivity contribution in [1.29, 1.82) is 0 Å². The molecule has 1 N–H and O–H groups in total. The number of hydrogen-bond donors (Lipinski definition) is 1. The molecule has 0 heterocycles. The molecule has 0 aliphatic carbocycles. The fourth-order valence-electron chi connectivity index (χ4n) is 1.27. The summed E-state index contributed by atoms with van der Waals surface area (Å²) in [5, 5.41) is 2.97. The van der Waals surface area contributed by atoms with Gasteiger partial charge in [-0.2, -0.15) is 0 Å². The molecular weight excluding hydrogens is 209 g/mol. The standard InChI is InChI=1S/C12H18FNO2/c1-3-7-16-8-6-14-12-9-10(15-2)4-5-11(12)13/h4-5,9,14H,3,6-8H2,1-2H3. The topological polar surface area (TPSA) is 30.5 Å². The maximum atomic E-state index is 13.3. The first kappa shape index (κ1) is 12.8. The van der Waals surface area contributed by atoms with Gasteiger partial charge in [-0.1, -0.05) is 6.92 Å². The molecule has 0 fully saturated rings. The first-order valence-corrected chi connectivity index (χ1v) is 5.43. The van der Waals surface area contributed by atoms with Gasteiger partial charge in [0.1, 0.15) is 11.6 Å². The Morgan fingerprint density at radius 3 is 2.81 bits per heavy atom. The minimum absolute atomic E-state index is 0.281. The molecule has 1 aromatic carbocycles. The minimum Gasteiger partial charge on any atom is -0.497 e. The Morgan fingerprint density at radius 1 is 1.31 bits per heavy atom. The smallest absolute Gasteiger partial charge is 0.146 e. The van der Waals surface area contributed by atoms with Gasteiger partial charge in [0.15, 0.2) is 0 Å². The lowest BCUT2D eigenvalue weighted by Crippen LogP contribution is -2.10.